The lowest BCUT2D eigenvalue weighted by molar-refractivity contribution is -0.145. The molecule has 14 nitrogen and oxygen atoms in total. The summed E-state index contributed by atoms with van der Waals surface area (Å²) in [6, 6.07) is -2.11. The highest BCUT2D eigenvalue weighted by molar-refractivity contribution is 5.96. The number of hydrazine groups is 3. The molecule has 3 amide bonds. The van der Waals surface area contributed by atoms with Crippen molar-refractivity contribution in [2.45, 2.75) is 133 Å². The van der Waals surface area contributed by atoms with Crippen LogP contribution in [0.15, 0.2) is 12.2 Å². The molecule has 5 rings (SSSR count). The Labute approximate surface area is 265 Å². The highest BCUT2D eigenvalue weighted by Crippen LogP contribution is 2.45. The van der Waals surface area contributed by atoms with Crippen molar-refractivity contribution < 1.29 is 33.8 Å². The van der Waals surface area contributed by atoms with Crippen LogP contribution in [0, 0.1) is 11.8 Å². The zero-order valence-corrected chi connectivity index (χ0v) is 27.0. The fourth-order valence-electron chi connectivity index (χ4n) is 7.15. The van der Waals surface area contributed by atoms with Gasteiger partial charge < -0.3 is 30.1 Å². The first-order valence-corrected chi connectivity index (χ1v) is 16.5. The Hall–Kier alpha value is -2.78. The molecular weight excluding hydrogens is 582 g/mol. The van der Waals surface area contributed by atoms with Crippen molar-refractivity contribution >= 4 is 23.9 Å². The third kappa shape index (κ3) is 7.97. The van der Waals surface area contributed by atoms with Gasteiger partial charge in [0, 0.05) is 19.6 Å². The molecule has 252 valence electrons. The summed E-state index contributed by atoms with van der Waals surface area (Å²) < 4.78 is 11.0. The average Bonchev–Trinajstić information content (AvgIpc) is 3.31. The number of carboxylic acid groups (broad SMARTS) is 1. The minimum Gasteiger partial charge on any atom is -0.479 e. The largest absolute Gasteiger partial charge is 0.479 e. The number of hydrogen-bond acceptors (Lipinski definition) is 10. The third-order valence-corrected chi connectivity index (χ3v) is 9.84. The Morgan fingerprint density at radius 1 is 1.09 bits per heavy atom. The molecule has 0 radical (unpaired) electrons. The molecular formula is C31H51N7O7. The number of methoxy groups -OCH3 is 1. The lowest BCUT2D eigenvalue weighted by Crippen LogP contribution is -2.56. The van der Waals surface area contributed by atoms with Crippen LogP contribution < -0.4 is 27.0 Å². The molecule has 0 bridgehead atoms. The van der Waals surface area contributed by atoms with Crippen molar-refractivity contribution in [2.75, 3.05) is 13.7 Å². The van der Waals surface area contributed by atoms with Gasteiger partial charge in [-0.3, -0.25) is 9.59 Å². The van der Waals surface area contributed by atoms with E-state index in [2.05, 4.69) is 27.0 Å². The molecule has 2 saturated heterocycles. The molecule has 0 spiro atoms. The Bertz CT molecular complexity index is 1140. The number of carbonyl (C=O) groups excluding carboxylic acids is 3. The van der Waals surface area contributed by atoms with Crippen LogP contribution in [-0.4, -0.2) is 94.2 Å². The standard InChI is InChI=1S/C31H51N7O7/c1-30(2,3)45-29(43)32-23-11-9-7-5-6-8-10-20-17-31(20,28(41)42)33-26(39)24-16-21(18-37(24)27(23)40)38-35-25(34-36-38)19-12-14-22(44-4)15-13-19/h8,10,19-25,34-36H,5-7,9,11-18H2,1-4H3,(H,32,43)(H,33,39)(H,41,42)/b10-8-/t19?,20-,21+,22?,23-,24+,25?,31+/m1/s1. The smallest absolute Gasteiger partial charge is 0.408 e. The number of allylic oxidation sites excluding steroid dienone is 1. The lowest BCUT2D eigenvalue weighted by Gasteiger charge is -2.31. The monoisotopic (exact) mass is 633 g/mol. The van der Waals surface area contributed by atoms with E-state index in [-0.39, 0.29) is 43.1 Å². The molecule has 45 heavy (non-hydrogen) atoms. The molecule has 6 N–H and O–H groups in total. The zero-order valence-electron chi connectivity index (χ0n) is 27.0. The maximum absolute atomic E-state index is 14.2. The summed E-state index contributed by atoms with van der Waals surface area (Å²) in [7, 11) is 1.75. The Morgan fingerprint density at radius 2 is 1.84 bits per heavy atom. The van der Waals surface area contributed by atoms with Gasteiger partial charge in [-0.1, -0.05) is 25.0 Å². The van der Waals surface area contributed by atoms with Crippen molar-refractivity contribution in [1.82, 2.24) is 37.0 Å². The predicted octanol–water partition coefficient (Wildman–Crippen LogP) is 1.69. The first kappa shape index (κ1) is 33.6. The number of alkyl carbamates (subject to hydrolysis) is 1. The van der Waals surface area contributed by atoms with Crippen LogP contribution in [0.25, 0.3) is 0 Å². The van der Waals surface area contributed by atoms with Gasteiger partial charge in [0.2, 0.25) is 11.8 Å². The second-order valence-electron chi connectivity index (χ2n) is 14.2. The number of amides is 3. The zero-order chi connectivity index (χ0) is 32.4. The van der Waals surface area contributed by atoms with Gasteiger partial charge in [-0.25, -0.2) is 20.4 Å². The van der Waals surface area contributed by atoms with Crippen LogP contribution in [0.4, 0.5) is 4.79 Å². The van der Waals surface area contributed by atoms with Gasteiger partial charge in [-0.05, 0) is 84.5 Å². The number of ether oxygens (including phenoxy) is 2. The molecule has 0 aromatic carbocycles. The van der Waals surface area contributed by atoms with Crippen LogP contribution in [-0.2, 0) is 23.9 Å². The normalized spacial score (nSPS) is 37.4. The Balaban J connectivity index is 1.35. The summed E-state index contributed by atoms with van der Waals surface area (Å²) in [6.45, 7) is 5.48. The lowest BCUT2D eigenvalue weighted by atomic mass is 9.85. The molecule has 1 unspecified atom stereocenters. The van der Waals surface area contributed by atoms with Crippen LogP contribution >= 0.6 is 0 Å². The number of aliphatic carboxylic acids is 1. The molecule has 0 aromatic heterocycles. The Morgan fingerprint density at radius 3 is 2.53 bits per heavy atom. The van der Waals surface area contributed by atoms with Gasteiger partial charge in [0.1, 0.15) is 23.2 Å². The first-order chi connectivity index (χ1) is 21.4. The first-order valence-electron chi connectivity index (χ1n) is 16.5. The highest BCUT2D eigenvalue weighted by atomic mass is 16.6. The van der Waals surface area contributed by atoms with E-state index >= 15 is 0 Å². The topological polar surface area (TPSA) is 174 Å². The van der Waals surface area contributed by atoms with Crippen LogP contribution in [0.5, 0.6) is 0 Å². The van der Waals surface area contributed by atoms with Crippen molar-refractivity contribution in [3.63, 3.8) is 0 Å². The number of carbonyl (C=O) groups is 4. The van der Waals surface area contributed by atoms with E-state index in [1.165, 1.54) is 4.90 Å². The van der Waals surface area contributed by atoms with Crippen molar-refractivity contribution in [3.05, 3.63) is 12.2 Å². The molecule has 2 aliphatic carbocycles. The number of fused-ring (bicyclic) bond motifs is 2. The minimum atomic E-state index is -1.38. The number of nitrogens with zero attached hydrogens (tertiary/aromatic N) is 2. The molecule has 4 fully saturated rings. The summed E-state index contributed by atoms with van der Waals surface area (Å²) in [5.74, 6) is -1.88. The van der Waals surface area contributed by atoms with Crippen molar-refractivity contribution in [2.24, 2.45) is 11.8 Å². The molecule has 0 aromatic rings. The minimum absolute atomic E-state index is 0.0266. The number of hydrogen-bond donors (Lipinski definition) is 6. The highest BCUT2D eigenvalue weighted by Gasteiger charge is 2.61. The van der Waals surface area contributed by atoms with Gasteiger partial charge in [-0.15, -0.1) is 0 Å². The summed E-state index contributed by atoms with van der Waals surface area (Å²) >= 11 is 0. The summed E-state index contributed by atoms with van der Waals surface area (Å²) in [5.41, 5.74) is 7.89. The molecule has 3 heterocycles. The summed E-state index contributed by atoms with van der Waals surface area (Å²) in [6.07, 6.45) is 11.6. The Kier molecular flexibility index (Phi) is 10.4. The summed E-state index contributed by atoms with van der Waals surface area (Å²) in [4.78, 5) is 54.8. The van der Waals surface area contributed by atoms with Gasteiger partial charge >= 0.3 is 12.1 Å². The van der Waals surface area contributed by atoms with Gasteiger partial charge in [-0.2, -0.15) is 10.7 Å². The van der Waals surface area contributed by atoms with E-state index in [1.54, 1.807) is 27.9 Å². The maximum Gasteiger partial charge on any atom is 0.408 e. The van der Waals surface area contributed by atoms with Gasteiger partial charge in [0.05, 0.1) is 18.3 Å². The van der Waals surface area contributed by atoms with E-state index in [0.29, 0.717) is 25.2 Å². The second-order valence-corrected chi connectivity index (χ2v) is 14.2. The molecule has 3 aliphatic heterocycles. The van der Waals surface area contributed by atoms with E-state index in [9.17, 15) is 24.3 Å². The van der Waals surface area contributed by atoms with Gasteiger partial charge in [0.25, 0.3) is 0 Å². The quantitative estimate of drug-likeness (QED) is 0.243. The maximum atomic E-state index is 14.2. The molecule has 2 saturated carbocycles. The number of rotatable bonds is 5. The number of nitrogens with one attached hydrogen (secondary N) is 5. The van der Waals surface area contributed by atoms with Crippen molar-refractivity contribution in [1.29, 1.82) is 0 Å². The summed E-state index contributed by atoms with van der Waals surface area (Å²) in [5, 5.41) is 17.5. The van der Waals surface area contributed by atoms with E-state index in [4.69, 9.17) is 9.47 Å². The predicted molar refractivity (Wildman–Crippen MR) is 164 cm³/mol. The number of carboxylic acids is 1. The third-order valence-electron chi connectivity index (χ3n) is 9.84. The fraction of sp³-hybridized carbons (Fsp3) is 0.806. The van der Waals surface area contributed by atoms with Gasteiger partial charge in [0.15, 0.2) is 0 Å². The van der Waals surface area contributed by atoms with Crippen LogP contribution in [0.3, 0.4) is 0 Å². The fourth-order valence-corrected chi connectivity index (χ4v) is 7.15. The van der Waals surface area contributed by atoms with E-state index < -0.39 is 41.2 Å². The molecule has 5 aliphatic rings. The van der Waals surface area contributed by atoms with E-state index in [0.717, 1.165) is 44.9 Å². The van der Waals surface area contributed by atoms with Crippen LogP contribution in [0.2, 0.25) is 0 Å². The van der Waals surface area contributed by atoms with Crippen LogP contribution in [0.1, 0.15) is 91.4 Å². The SMILES string of the molecule is COC1CCC(C2NNN([C@H]3C[C@H]4C(=O)N[C@@]5(C(=O)O)C[C@H]5/C=C\CCCCC[C@@H](NC(=O)OC(C)(C)C)C(=O)N4C3)N2)CC1. The van der Waals surface area contributed by atoms with Crippen molar-refractivity contribution in [3.8, 4) is 0 Å². The average molecular weight is 634 g/mol. The second kappa shape index (κ2) is 13.9. The molecule has 6 atom stereocenters. The molecule has 14 heteroatoms. The van der Waals surface area contributed by atoms with E-state index in [1.807, 2.05) is 17.3 Å².